The lowest BCUT2D eigenvalue weighted by Crippen LogP contribution is -2.28. The van der Waals surface area contributed by atoms with Gasteiger partial charge in [-0.15, -0.1) is 11.8 Å². The van der Waals surface area contributed by atoms with E-state index in [1.165, 1.54) is 15.9 Å². The highest BCUT2D eigenvalue weighted by Crippen LogP contribution is 2.43. The standard InChI is InChI=1S/C27H23OPS/c1-30-26-19-17-22(18-20-26)27(28)21-29(23-11-5-2-6-12-23,24-13-7-3-8-14-24)25-15-9-4-10-16-25/h2-21H,1H3. The molecule has 148 valence electrons. The highest BCUT2D eigenvalue weighted by atomic mass is 32.2. The van der Waals surface area contributed by atoms with Crippen LogP contribution in [0.3, 0.4) is 0 Å². The van der Waals surface area contributed by atoms with Crippen LogP contribution in [0.1, 0.15) is 10.4 Å². The molecule has 0 N–H and O–H groups in total. The smallest absolute Gasteiger partial charge is 0.186 e. The summed E-state index contributed by atoms with van der Waals surface area (Å²) in [6.45, 7) is -2.27. The molecule has 0 radical (unpaired) electrons. The van der Waals surface area contributed by atoms with Crippen LogP contribution in [0, 0.1) is 0 Å². The normalized spacial score (nSPS) is 11.1. The molecule has 0 bridgehead atoms. The van der Waals surface area contributed by atoms with Crippen molar-refractivity contribution >= 4 is 46.1 Å². The van der Waals surface area contributed by atoms with E-state index >= 15 is 0 Å². The second-order valence-electron chi connectivity index (χ2n) is 6.95. The van der Waals surface area contributed by atoms with Crippen molar-refractivity contribution in [3.63, 3.8) is 0 Å². The topological polar surface area (TPSA) is 17.1 Å². The van der Waals surface area contributed by atoms with E-state index in [2.05, 4.69) is 72.8 Å². The number of Topliss-reactive ketones (excluding diaryl/α,β-unsaturated/α-hetero) is 1. The Morgan fingerprint density at radius 3 is 1.40 bits per heavy atom. The molecule has 1 nitrogen and oxygen atoms in total. The summed E-state index contributed by atoms with van der Waals surface area (Å²) in [5, 5.41) is 3.53. The Morgan fingerprint density at radius 2 is 1.03 bits per heavy atom. The average molecular weight is 427 g/mol. The maximum atomic E-state index is 13.5. The number of ketones is 1. The first-order valence-electron chi connectivity index (χ1n) is 9.84. The predicted octanol–water partition coefficient (Wildman–Crippen LogP) is 5.39. The molecular formula is C27H23OPS. The largest absolute Gasteiger partial charge is 0.289 e. The average Bonchev–Trinajstić information content (AvgIpc) is 2.84. The van der Waals surface area contributed by atoms with Crippen LogP contribution in [0.25, 0.3) is 0 Å². The van der Waals surface area contributed by atoms with Crippen molar-refractivity contribution < 1.29 is 4.79 Å². The summed E-state index contributed by atoms with van der Waals surface area (Å²) in [5.41, 5.74) is 0.722. The Balaban J connectivity index is 2.01. The summed E-state index contributed by atoms with van der Waals surface area (Å²) >= 11 is 1.68. The zero-order valence-electron chi connectivity index (χ0n) is 16.8. The Morgan fingerprint density at radius 1 is 0.633 bits per heavy atom. The lowest BCUT2D eigenvalue weighted by atomic mass is 10.2. The van der Waals surface area contributed by atoms with Gasteiger partial charge in [-0.1, -0.05) is 91.0 Å². The van der Waals surface area contributed by atoms with Crippen LogP contribution in [0.2, 0.25) is 0 Å². The van der Waals surface area contributed by atoms with Crippen LogP contribution in [0.5, 0.6) is 0 Å². The number of carbonyl (C=O) groups is 1. The van der Waals surface area contributed by atoms with E-state index < -0.39 is 6.89 Å². The van der Waals surface area contributed by atoms with Gasteiger partial charge in [-0.05, 0) is 59.1 Å². The van der Waals surface area contributed by atoms with Crippen LogP contribution < -0.4 is 15.9 Å². The molecule has 3 heteroatoms. The molecule has 0 atom stereocenters. The van der Waals surface area contributed by atoms with Crippen molar-refractivity contribution in [2.24, 2.45) is 0 Å². The fourth-order valence-electron chi connectivity index (χ4n) is 3.67. The van der Waals surface area contributed by atoms with Gasteiger partial charge in [-0.25, -0.2) is 0 Å². The lowest BCUT2D eigenvalue weighted by Gasteiger charge is -2.28. The Labute approximate surface area is 182 Å². The highest BCUT2D eigenvalue weighted by Gasteiger charge is 2.26. The first kappa shape index (κ1) is 20.5. The van der Waals surface area contributed by atoms with E-state index in [1.54, 1.807) is 11.8 Å². The Bertz CT molecular complexity index is 1060. The third-order valence-electron chi connectivity index (χ3n) is 5.18. The van der Waals surface area contributed by atoms with E-state index in [0.717, 1.165) is 10.5 Å². The molecule has 0 spiro atoms. The van der Waals surface area contributed by atoms with Crippen LogP contribution in [0.4, 0.5) is 0 Å². The van der Waals surface area contributed by atoms with Crippen LogP contribution in [-0.2, 0) is 0 Å². The minimum absolute atomic E-state index is 0.0625. The molecule has 4 aromatic carbocycles. The number of rotatable bonds is 6. The molecule has 0 heterocycles. The fraction of sp³-hybridized carbons (Fsp3) is 0.0370. The van der Waals surface area contributed by atoms with Gasteiger partial charge in [0.15, 0.2) is 5.78 Å². The lowest BCUT2D eigenvalue weighted by molar-refractivity contribution is 0.107. The summed E-state index contributed by atoms with van der Waals surface area (Å²) < 4.78 is 0. The number of thioether (sulfide) groups is 1. The molecule has 0 saturated heterocycles. The quantitative estimate of drug-likeness (QED) is 0.234. The second kappa shape index (κ2) is 9.34. The van der Waals surface area contributed by atoms with Crippen molar-refractivity contribution in [2.75, 3.05) is 6.26 Å². The van der Waals surface area contributed by atoms with E-state index in [4.69, 9.17) is 0 Å². The summed E-state index contributed by atoms with van der Waals surface area (Å²) in [6, 6.07) is 39.2. The van der Waals surface area contributed by atoms with Gasteiger partial charge in [0.1, 0.15) is 0 Å². The zero-order valence-corrected chi connectivity index (χ0v) is 18.5. The molecule has 0 amide bonds. The second-order valence-corrected chi connectivity index (χ2v) is 11.1. The van der Waals surface area contributed by atoms with Crippen LogP contribution >= 0.6 is 18.6 Å². The van der Waals surface area contributed by atoms with Gasteiger partial charge in [0.05, 0.1) is 0 Å². The maximum absolute atomic E-state index is 13.5. The third kappa shape index (κ3) is 4.07. The monoisotopic (exact) mass is 426 g/mol. The van der Waals surface area contributed by atoms with E-state index in [1.807, 2.05) is 54.5 Å². The van der Waals surface area contributed by atoms with E-state index in [9.17, 15) is 4.79 Å². The van der Waals surface area contributed by atoms with Gasteiger partial charge in [0, 0.05) is 10.5 Å². The fourth-order valence-corrected chi connectivity index (χ4v) is 7.84. The Hall–Kier alpha value is -2.80. The van der Waals surface area contributed by atoms with Gasteiger partial charge < -0.3 is 0 Å². The van der Waals surface area contributed by atoms with Gasteiger partial charge in [0.25, 0.3) is 0 Å². The summed E-state index contributed by atoms with van der Waals surface area (Å²) in [6.07, 6.45) is 2.04. The predicted molar refractivity (Wildman–Crippen MR) is 134 cm³/mol. The Kier molecular flexibility index (Phi) is 6.38. The molecule has 0 aromatic heterocycles. The maximum Gasteiger partial charge on any atom is 0.186 e. The molecule has 0 fully saturated rings. The van der Waals surface area contributed by atoms with Gasteiger partial charge in [-0.2, -0.15) is 0 Å². The minimum atomic E-state index is -2.27. The van der Waals surface area contributed by atoms with Crippen molar-refractivity contribution in [2.45, 2.75) is 4.90 Å². The molecule has 0 aliphatic rings. The SMILES string of the molecule is CSc1ccc(C(=O)C=P(c2ccccc2)(c2ccccc2)c2ccccc2)cc1. The number of hydrogen-bond acceptors (Lipinski definition) is 2. The molecule has 0 saturated carbocycles. The molecule has 0 aliphatic heterocycles. The van der Waals surface area contributed by atoms with E-state index in [0.29, 0.717) is 0 Å². The summed E-state index contributed by atoms with van der Waals surface area (Å²) in [7, 11) is 0. The van der Waals surface area contributed by atoms with Gasteiger partial charge in [-0.3, -0.25) is 4.79 Å². The first-order valence-corrected chi connectivity index (χ1v) is 12.9. The van der Waals surface area contributed by atoms with E-state index in [-0.39, 0.29) is 5.78 Å². The van der Waals surface area contributed by atoms with Crippen molar-refractivity contribution in [1.82, 2.24) is 0 Å². The molecule has 30 heavy (non-hydrogen) atoms. The number of hydrogen-bond donors (Lipinski definition) is 0. The molecule has 0 unspecified atom stereocenters. The number of benzene rings is 4. The summed E-state index contributed by atoms with van der Waals surface area (Å²) in [4.78, 5) is 14.7. The van der Waals surface area contributed by atoms with Gasteiger partial charge in [0.2, 0.25) is 0 Å². The van der Waals surface area contributed by atoms with Crippen LogP contribution in [-0.4, -0.2) is 17.8 Å². The van der Waals surface area contributed by atoms with Crippen LogP contribution in [0.15, 0.2) is 120 Å². The molecular weight excluding hydrogens is 403 g/mol. The summed E-state index contributed by atoms with van der Waals surface area (Å²) in [5.74, 6) is 2.05. The molecule has 4 rings (SSSR count). The molecule has 0 aliphatic carbocycles. The molecule has 4 aromatic rings. The van der Waals surface area contributed by atoms with Crippen molar-refractivity contribution in [1.29, 1.82) is 0 Å². The van der Waals surface area contributed by atoms with Crippen molar-refractivity contribution in [3.8, 4) is 0 Å². The zero-order chi connectivity index (χ0) is 20.8. The number of carbonyl (C=O) groups excluding carboxylic acids is 1. The minimum Gasteiger partial charge on any atom is -0.289 e. The highest BCUT2D eigenvalue weighted by molar-refractivity contribution is 7.98. The third-order valence-corrected chi connectivity index (χ3v) is 9.88. The first-order chi connectivity index (χ1) is 14.7. The van der Waals surface area contributed by atoms with Crippen molar-refractivity contribution in [3.05, 3.63) is 121 Å². The van der Waals surface area contributed by atoms with Gasteiger partial charge >= 0.3 is 0 Å².